The zero-order valence-electron chi connectivity index (χ0n) is 15.1. The van der Waals surface area contributed by atoms with Gasteiger partial charge in [-0.25, -0.2) is 4.79 Å². The highest BCUT2D eigenvalue weighted by Gasteiger charge is 2.40. The fourth-order valence-electron chi connectivity index (χ4n) is 4.77. The number of likely N-dealkylation sites (tertiary alicyclic amines) is 1. The molecule has 2 aliphatic carbocycles. The summed E-state index contributed by atoms with van der Waals surface area (Å²) in [4.78, 5) is 14.4. The maximum Gasteiger partial charge on any atom is 0.319 e. The van der Waals surface area contributed by atoms with E-state index < -0.39 is 0 Å². The number of nitrogens with zero attached hydrogens (tertiary/aromatic N) is 1. The summed E-state index contributed by atoms with van der Waals surface area (Å²) in [6, 6.07) is 10.2. The van der Waals surface area contributed by atoms with Crippen molar-refractivity contribution in [3.8, 4) is 0 Å². The molecule has 1 aromatic rings. The smallest absolute Gasteiger partial charge is 0.319 e. The average molecular weight is 373 g/mol. The van der Waals surface area contributed by atoms with Crippen LogP contribution in [0, 0.1) is 11.8 Å². The van der Waals surface area contributed by atoms with Crippen LogP contribution in [-0.2, 0) is 0 Å². The number of benzene rings is 1. The van der Waals surface area contributed by atoms with E-state index in [1.54, 1.807) is 0 Å². The van der Waals surface area contributed by atoms with E-state index in [0.29, 0.717) is 6.04 Å². The van der Waals surface area contributed by atoms with Crippen LogP contribution < -0.4 is 16.0 Å². The molecule has 4 rings (SSSR count). The summed E-state index contributed by atoms with van der Waals surface area (Å²) in [5.41, 5.74) is 0.818. The van der Waals surface area contributed by atoms with E-state index in [4.69, 9.17) is 12.2 Å². The summed E-state index contributed by atoms with van der Waals surface area (Å²) in [5.74, 6) is 1.76. The third-order valence-electron chi connectivity index (χ3n) is 6.20. The van der Waals surface area contributed by atoms with Crippen molar-refractivity contribution in [1.82, 2.24) is 15.5 Å². The molecule has 0 radical (unpaired) electrons. The quantitative estimate of drug-likeness (QED) is 0.713. The van der Waals surface area contributed by atoms with Gasteiger partial charge < -0.3 is 20.9 Å². The Labute approximate surface area is 160 Å². The van der Waals surface area contributed by atoms with Gasteiger partial charge in [0.25, 0.3) is 0 Å². The van der Waals surface area contributed by atoms with Gasteiger partial charge in [-0.15, -0.1) is 0 Å². The molecule has 1 saturated heterocycles. The Kier molecular flexibility index (Phi) is 5.29. The predicted molar refractivity (Wildman–Crippen MR) is 108 cm³/mol. The highest BCUT2D eigenvalue weighted by atomic mass is 32.1. The molecule has 2 amide bonds. The van der Waals surface area contributed by atoms with Crippen LogP contribution in [0.25, 0.3) is 0 Å². The first-order chi connectivity index (χ1) is 12.7. The summed E-state index contributed by atoms with van der Waals surface area (Å²) in [7, 11) is 0. The molecule has 2 bridgehead atoms. The van der Waals surface area contributed by atoms with Gasteiger partial charge in [0.15, 0.2) is 5.11 Å². The zero-order chi connectivity index (χ0) is 17.9. The van der Waals surface area contributed by atoms with Crippen LogP contribution in [-0.4, -0.2) is 41.2 Å². The molecule has 0 spiro atoms. The van der Waals surface area contributed by atoms with Crippen LogP contribution in [0.3, 0.4) is 0 Å². The van der Waals surface area contributed by atoms with E-state index in [9.17, 15) is 4.79 Å². The van der Waals surface area contributed by atoms with Crippen molar-refractivity contribution in [3.63, 3.8) is 0 Å². The van der Waals surface area contributed by atoms with Crippen LogP contribution in [0.1, 0.15) is 38.5 Å². The Morgan fingerprint density at radius 2 is 1.77 bits per heavy atom. The monoisotopic (exact) mass is 372 g/mol. The summed E-state index contributed by atoms with van der Waals surface area (Å²) in [5, 5.41) is 10.5. The lowest BCUT2D eigenvalue weighted by Crippen LogP contribution is -2.52. The van der Waals surface area contributed by atoms with Crippen LogP contribution in [0.5, 0.6) is 0 Å². The molecule has 3 unspecified atom stereocenters. The molecule has 3 N–H and O–H groups in total. The second-order valence-electron chi connectivity index (χ2n) is 7.96. The predicted octanol–water partition coefficient (Wildman–Crippen LogP) is 3.34. The van der Waals surface area contributed by atoms with Crippen molar-refractivity contribution in [2.24, 2.45) is 11.8 Å². The first-order valence-corrected chi connectivity index (χ1v) is 10.3. The number of thiocarbonyl (C=S) groups is 1. The first kappa shape index (κ1) is 17.6. The molecule has 6 heteroatoms. The number of fused-ring (bicyclic) bond motifs is 2. The summed E-state index contributed by atoms with van der Waals surface area (Å²) in [6.45, 7) is 1.81. The number of urea groups is 1. The number of amides is 2. The van der Waals surface area contributed by atoms with Crippen molar-refractivity contribution in [1.29, 1.82) is 0 Å². The number of piperidine rings is 1. The molecule has 140 valence electrons. The van der Waals surface area contributed by atoms with Gasteiger partial charge in [0, 0.05) is 30.9 Å². The Bertz CT molecular complexity index is 644. The van der Waals surface area contributed by atoms with Gasteiger partial charge >= 0.3 is 6.03 Å². The molecule has 2 saturated carbocycles. The number of hydrogen-bond acceptors (Lipinski definition) is 2. The van der Waals surface area contributed by atoms with E-state index in [1.807, 2.05) is 30.3 Å². The lowest BCUT2D eigenvalue weighted by atomic mass is 9.95. The second kappa shape index (κ2) is 7.82. The molecule has 26 heavy (non-hydrogen) atoms. The highest BCUT2D eigenvalue weighted by molar-refractivity contribution is 7.80. The largest absolute Gasteiger partial charge is 0.360 e. The Balaban J connectivity index is 1.19. The summed E-state index contributed by atoms with van der Waals surface area (Å²) < 4.78 is 0. The van der Waals surface area contributed by atoms with Crippen LogP contribution in [0.2, 0.25) is 0 Å². The number of carbonyl (C=O) groups excluding carboxylic acids is 1. The number of anilines is 1. The highest BCUT2D eigenvalue weighted by Crippen LogP contribution is 2.44. The number of carbonyl (C=O) groups is 1. The van der Waals surface area contributed by atoms with E-state index in [-0.39, 0.29) is 12.1 Å². The molecular weight excluding hydrogens is 344 g/mol. The van der Waals surface area contributed by atoms with Crippen molar-refractivity contribution in [2.75, 3.05) is 18.4 Å². The van der Waals surface area contributed by atoms with Crippen LogP contribution >= 0.6 is 12.2 Å². The SMILES string of the molecule is O=C(Nc1ccccc1)NC1CCN(C(=S)NC2CC3CCC2C3)CC1. The molecule has 1 aromatic carbocycles. The van der Waals surface area contributed by atoms with Gasteiger partial charge in [-0.2, -0.15) is 0 Å². The molecule has 5 nitrogen and oxygen atoms in total. The van der Waals surface area contributed by atoms with E-state index in [0.717, 1.165) is 48.6 Å². The fraction of sp³-hybridized carbons (Fsp3) is 0.600. The number of hydrogen-bond donors (Lipinski definition) is 3. The topological polar surface area (TPSA) is 56.4 Å². The fourth-order valence-corrected chi connectivity index (χ4v) is 5.11. The number of rotatable bonds is 3. The molecule has 3 fully saturated rings. The average Bonchev–Trinajstić information content (AvgIpc) is 3.26. The van der Waals surface area contributed by atoms with Crippen molar-refractivity contribution in [3.05, 3.63) is 30.3 Å². The van der Waals surface area contributed by atoms with Gasteiger partial charge in [-0.05, 0) is 68.3 Å². The minimum atomic E-state index is -0.127. The first-order valence-electron chi connectivity index (χ1n) is 9.85. The number of nitrogens with one attached hydrogen (secondary N) is 3. The molecule has 0 aromatic heterocycles. The van der Waals surface area contributed by atoms with E-state index in [1.165, 1.54) is 25.7 Å². The van der Waals surface area contributed by atoms with Gasteiger partial charge in [0.2, 0.25) is 0 Å². The van der Waals surface area contributed by atoms with Crippen molar-refractivity contribution in [2.45, 2.75) is 50.6 Å². The third-order valence-corrected chi connectivity index (χ3v) is 6.57. The van der Waals surface area contributed by atoms with E-state index >= 15 is 0 Å². The molecular formula is C20H28N4OS. The Morgan fingerprint density at radius 1 is 1.00 bits per heavy atom. The minimum absolute atomic E-state index is 0.127. The normalized spacial score (nSPS) is 28.0. The Morgan fingerprint density at radius 3 is 2.42 bits per heavy atom. The summed E-state index contributed by atoms with van der Waals surface area (Å²) >= 11 is 5.65. The zero-order valence-corrected chi connectivity index (χ0v) is 15.9. The minimum Gasteiger partial charge on any atom is -0.360 e. The van der Waals surface area contributed by atoms with Crippen LogP contribution in [0.4, 0.5) is 10.5 Å². The lowest BCUT2D eigenvalue weighted by Gasteiger charge is -2.36. The standard InChI is InChI=1S/C20H28N4OS/c25-19(21-16-4-2-1-3-5-16)22-17-8-10-24(11-9-17)20(26)23-18-13-14-6-7-15(18)12-14/h1-5,14-15,17-18H,6-13H2,(H,23,26)(H2,21,22,25). The molecule has 3 atom stereocenters. The Hall–Kier alpha value is -1.82. The van der Waals surface area contributed by atoms with Crippen molar-refractivity contribution >= 4 is 29.0 Å². The van der Waals surface area contributed by atoms with E-state index in [2.05, 4.69) is 20.9 Å². The van der Waals surface area contributed by atoms with Gasteiger partial charge in [0.1, 0.15) is 0 Å². The lowest BCUT2D eigenvalue weighted by molar-refractivity contribution is 0.235. The number of para-hydroxylation sites is 1. The second-order valence-corrected chi connectivity index (χ2v) is 8.34. The van der Waals surface area contributed by atoms with Crippen LogP contribution in [0.15, 0.2) is 30.3 Å². The maximum absolute atomic E-state index is 12.1. The van der Waals surface area contributed by atoms with Gasteiger partial charge in [-0.1, -0.05) is 24.6 Å². The van der Waals surface area contributed by atoms with Crippen molar-refractivity contribution < 1.29 is 4.79 Å². The molecule has 1 aliphatic heterocycles. The van der Waals surface area contributed by atoms with Gasteiger partial charge in [0.05, 0.1) is 0 Å². The molecule has 1 heterocycles. The third kappa shape index (κ3) is 4.11. The van der Waals surface area contributed by atoms with Gasteiger partial charge in [-0.3, -0.25) is 0 Å². The summed E-state index contributed by atoms with van der Waals surface area (Å²) in [6.07, 6.45) is 7.33. The molecule has 3 aliphatic rings. The maximum atomic E-state index is 12.1.